The van der Waals surface area contributed by atoms with Crippen LogP contribution in [0.25, 0.3) is 0 Å². The molecule has 0 aliphatic heterocycles. The van der Waals surface area contributed by atoms with Gasteiger partial charge in [-0.25, -0.2) is 0 Å². The molecule has 0 bridgehead atoms. The third kappa shape index (κ3) is 2.66. The molecule has 3 rings (SSSR count). The molecule has 1 heteroatoms. The van der Waals surface area contributed by atoms with Crippen LogP contribution in [0.15, 0.2) is 30.3 Å². The van der Waals surface area contributed by atoms with E-state index in [1.807, 2.05) is 0 Å². The third-order valence-electron chi connectivity index (χ3n) is 4.90. The number of Topliss-reactive ketones (excluding diaryl/α,β-unsaturated/α-hetero) is 1. The fraction of sp³-hybridized carbons (Fsp3) is 0.588. The smallest absolute Gasteiger partial charge is 0.133 e. The maximum Gasteiger partial charge on any atom is 0.133 e. The minimum atomic E-state index is 0.511. The molecule has 0 aromatic heterocycles. The van der Waals surface area contributed by atoms with Gasteiger partial charge < -0.3 is 0 Å². The van der Waals surface area contributed by atoms with E-state index in [0.29, 0.717) is 11.7 Å². The molecule has 0 N–H and O–H groups in total. The van der Waals surface area contributed by atoms with Crippen LogP contribution in [-0.2, 0) is 11.2 Å². The summed E-state index contributed by atoms with van der Waals surface area (Å²) in [5, 5.41) is 0. The van der Waals surface area contributed by atoms with E-state index >= 15 is 0 Å². The first kappa shape index (κ1) is 12.0. The van der Waals surface area contributed by atoms with E-state index in [4.69, 9.17) is 0 Å². The Morgan fingerprint density at radius 2 is 1.83 bits per heavy atom. The summed E-state index contributed by atoms with van der Waals surface area (Å²) in [6, 6.07) is 10.8. The summed E-state index contributed by atoms with van der Waals surface area (Å²) in [7, 11) is 0. The number of hydrogen-bond donors (Lipinski definition) is 0. The molecule has 0 saturated heterocycles. The van der Waals surface area contributed by atoms with Gasteiger partial charge in [0.25, 0.3) is 0 Å². The maximum atomic E-state index is 11.6. The van der Waals surface area contributed by atoms with Crippen LogP contribution in [0.1, 0.15) is 44.1 Å². The normalized spacial score (nSPS) is 32.0. The molecule has 2 fully saturated rings. The highest BCUT2D eigenvalue weighted by Crippen LogP contribution is 2.42. The van der Waals surface area contributed by atoms with Gasteiger partial charge in [0.05, 0.1) is 0 Å². The molecule has 2 aliphatic rings. The molecule has 1 aromatic carbocycles. The fourth-order valence-corrected chi connectivity index (χ4v) is 3.93. The third-order valence-corrected chi connectivity index (χ3v) is 4.90. The second-order valence-electron chi connectivity index (χ2n) is 6.17. The summed E-state index contributed by atoms with van der Waals surface area (Å²) in [6.07, 6.45) is 8.10. The van der Waals surface area contributed by atoms with Gasteiger partial charge in [-0.05, 0) is 55.4 Å². The highest BCUT2D eigenvalue weighted by molar-refractivity contribution is 5.79. The second kappa shape index (κ2) is 5.26. The summed E-state index contributed by atoms with van der Waals surface area (Å²) >= 11 is 0. The van der Waals surface area contributed by atoms with Gasteiger partial charge in [-0.1, -0.05) is 30.3 Å². The van der Waals surface area contributed by atoms with Gasteiger partial charge in [0.2, 0.25) is 0 Å². The zero-order chi connectivity index (χ0) is 12.4. The predicted molar refractivity (Wildman–Crippen MR) is 73.3 cm³/mol. The lowest BCUT2D eigenvalue weighted by molar-refractivity contribution is -0.123. The Kier molecular flexibility index (Phi) is 3.49. The zero-order valence-corrected chi connectivity index (χ0v) is 11.0. The van der Waals surface area contributed by atoms with Gasteiger partial charge in [0.1, 0.15) is 5.78 Å². The van der Waals surface area contributed by atoms with E-state index in [9.17, 15) is 4.79 Å². The van der Waals surface area contributed by atoms with Crippen LogP contribution in [-0.4, -0.2) is 5.78 Å². The number of carbonyl (C=O) groups excluding carboxylic acids is 1. The van der Waals surface area contributed by atoms with E-state index in [-0.39, 0.29) is 0 Å². The van der Waals surface area contributed by atoms with Gasteiger partial charge in [-0.3, -0.25) is 4.79 Å². The van der Waals surface area contributed by atoms with Crippen molar-refractivity contribution in [2.45, 2.75) is 44.9 Å². The monoisotopic (exact) mass is 242 g/mol. The van der Waals surface area contributed by atoms with Gasteiger partial charge in [-0.2, -0.15) is 0 Å². The molecular formula is C17H22O. The van der Waals surface area contributed by atoms with Crippen LogP contribution >= 0.6 is 0 Å². The van der Waals surface area contributed by atoms with Crippen molar-refractivity contribution in [3.8, 4) is 0 Å². The van der Waals surface area contributed by atoms with Gasteiger partial charge in [-0.15, -0.1) is 0 Å². The lowest BCUT2D eigenvalue weighted by Crippen LogP contribution is -2.31. The van der Waals surface area contributed by atoms with Crippen molar-refractivity contribution in [1.82, 2.24) is 0 Å². The molecule has 1 aromatic rings. The fourth-order valence-electron chi connectivity index (χ4n) is 3.93. The molecular weight excluding hydrogens is 220 g/mol. The van der Waals surface area contributed by atoms with E-state index in [2.05, 4.69) is 30.3 Å². The number of hydrogen-bond acceptors (Lipinski definition) is 1. The van der Waals surface area contributed by atoms with Crippen LogP contribution in [0.5, 0.6) is 0 Å². The van der Waals surface area contributed by atoms with Crippen molar-refractivity contribution in [3.05, 3.63) is 35.9 Å². The lowest BCUT2D eigenvalue weighted by atomic mass is 9.66. The first-order valence-electron chi connectivity index (χ1n) is 7.37. The molecule has 0 heterocycles. The SMILES string of the molecule is O=C1CCC2CCC(Cc3ccccc3)CC2C1. The maximum absolute atomic E-state index is 11.6. The minimum absolute atomic E-state index is 0.511. The number of carbonyl (C=O) groups is 1. The van der Waals surface area contributed by atoms with Crippen molar-refractivity contribution in [2.24, 2.45) is 17.8 Å². The zero-order valence-electron chi connectivity index (χ0n) is 11.0. The van der Waals surface area contributed by atoms with Crippen molar-refractivity contribution in [2.75, 3.05) is 0 Å². The van der Waals surface area contributed by atoms with Gasteiger partial charge in [0.15, 0.2) is 0 Å². The van der Waals surface area contributed by atoms with Crippen LogP contribution in [0.4, 0.5) is 0 Å². The van der Waals surface area contributed by atoms with E-state index in [1.165, 1.54) is 37.7 Å². The summed E-state index contributed by atoms with van der Waals surface area (Å²) in [5.74, 6) is 2.87. The Hall–Kier alpha value is -1.11. The molecule has 1 nitrogen and oxygen atoms in total. The van der Waals surface area contributed by atoms with Gasteiger partial charge >= 0.3 is 0 Å². The topological polar surface area (TPSA) is 17.1 Å². The molecule has 0 amide bonds. The number of rotatable bonds is 2. The van der Waals surface area contributed by atoms with Crippen LogP contribution < -0.4 is 0 Å². The molecule has 0 radical (unpaired) electrons. The van der Waals surface area contributed by atoms with Crippen molar-refractivity contribution < 1.29 is 4.79 Å². The summed E-state index contributed by atoms with van der Waals surface area (Å²) in [4.78, 5) is 11.6. The van der Waals surface area contributed by atoms with Crippen molar-refractivity contribution in [3.63, 3.8) is 0 Å². The van der Waals surface area contributed by atoms with Crippen LogP contribution in [0.3, 0.4) is 0 Å². The standard InChI is InChI=1S/C17H22O/c18-17-9-8-15-7-6-14(11-16(15)12-17)10-13-4-2-1-3-5-13/h1-5,14-16H,6-12H2. The first-order chi connectivity index (χ1) is 8.81. The van der Waals surface area contributed by atoms with E-state index in [0.717, 1.165) is 24.7 Å². The molecule has 3 unspecified atom stereocenters. The molecule has 3 atom stereocenters. The van der Waals surface area contributed by atoms with E-state index in [1.54, 1.807) is 0 Å². The summed E-state index contributed by atoms with van der Waals surface area (Å²) < 4.78 is 0. The Morgan fingerprint density at radius 3 is 2.67 bits per heavy atom. The number of benzene rings is 1. The summed E-state index contributed by atoms with van der Waals surface area (Å²) in [6.45, 7) is 0. The molecule has 0 spiro atoms. The first-order valence-corrected chi connectivity index (χ1v) is 7.37. The Morgan fingerprint density at radius 1 is 1.00 bits per heavy atom. The summed E-state index contributed by atoms with van der Waals surface area (Å²) in [5.41, 5.74) is 1.46. The second-order valence-corrected chi connectivity index (χ2v) is 6.17. The molecule has 2 aliphatic carbocycles. The Bertz CT molecular complexity index is 409. The van der Waals surface area contributed by atoms with Crippen molar-refractivity contribution >= 4 is 5.78 Å². The minimum Gasteiger partial charge on any atom is -0.300 e. The van der Waals surface area contributed by atoms with Crippen LogP contribution in [0, 0.1) is 17.8 Å². The van der Waals surface area contributed by atoms with Crippen molar-refractivity contribution in [1.29, 1.82) is 0 Å². The van der Waals surface area contributed by atoms with Gasteiger partial charge in [0, 0.05) is 12.8 Å². The Balaban J connectivity index is 1.61. The predicted octanol–water partition coefficient (Wildman–Crippen LogP) is 4.01. The van der Waals surface area contributed by atoms with Crippen LogP contribution in [0.2, 0.25) is 0 Å². The molecule has 2 saturated carbocycles. The average Bonchev–Trinajstić information content (AvgIpc) is 2.39. The molecule has 18 heavy (non-hydrogen) atoms. The van der Waals surface area contributed by atoms with E-state index < -0.39 is 0 Å². The molecule has 96 valence electrons. The number of fused-ring (bicyclic) bond motifs is 1. The quantitative estimate of drug-likeness (QED) is 0.765. The largest absolute Gasteiger partial charge is 0.300 e. The lowest BCUT2D eigenvalue weighted by Gasteiger charge is -2.38. The average molecular weight is 242 g/mol. The number of ketones is 1. The highest BCUT2D eigenvalue weighted by Gasteiger charge is 2.34. The Labute approximate surface area is 110 Å². The highest BCUT2D eigenvalue weighted by atomic mass is 16.1.